The average Bonchev–Trinajstić information content (AvgIpc) is 2.97. The van der Waals surface area contributed by atoms with Crippen molar-refractivity contribution >= 4 is 11.8 Å². The minimum Gasteiger partial charge on any atom is -0.473 e. The van der Waals surface area contributed by atoms with Crippen LogP contribution < -0.4 is 5.32 Å². The number of hydrogen-bond acceptors (Lipinski definition) is 5. The maximum atomic E-state index is 12.0. The van der Waals surface area contributed by atoms with Gasteiger partial charge in [-0.1, -0.05) is 19.9 Å². The smallest absolute Gasteiger partial charge is 0.271 e. The average molecular weight is 329 g/mol. The maximum absolute atomic E-state index is 12.0. The first-order valence-electron chi connectivity index (χ1n) is 7.82. The van der Waals surface area contributed by atoms with E-state index >= 15 is 0 Å². The van der Waals surface area contributed by atoms with E-state index in [0.29, 0.717) is 24.0 Å². The Morgan fingerprint density at radius 3 is 2.67 bits per heavy atom. The summed E-state index contributed by atoms with van der Waals surface area (Å²) in [5.41, 5.74) is 2.29. The van der Waals surface area contributed by atoms with E-state index in [1.165, 1.54) is 10.9 Å². The minimum absolute atomic E-state index is 0.124. The summed E-state index contributed by atoms with van der Waals surface area (Å²) >= 11 is 0. The minimum atomic E-state index is -0.244. The van der Waals surface area contributed by atoms with E-state index in [4.69, 9.17) is 4.74 Å². The lowest BCUT2D eigenvalue weighted by atomic mass is 10.2. The van der Waals surface area contributed by atoms with E-state index in [9.17, 15) is 4.79 Å². The second-order valence-electron chi connectivity index (χ2n) is 5.78. The first-order valence-corrected chi connectivity index (χ1v) is 7.82. The molecule has 0 spiro atoms. The lowest BCUT2D eigenvalue weighted by Gasteiger charge is -2.10. The van der Waals surface area contributed by atoms with Crippen molar-refractivity contribution in [2.24, 2.45) is 5.10 Å². The highest BCUT2D eigenvalue weighted by atomic mass is 16.5. The molecule has 0 saturated heterocycles. The monoisotopic (exact) mass is 329 g/mol. The van der Waals surface area contributed by atoms with E-state index in [0.717, 1.165) is 11.3 Å². The van der Waals surface area contributed by atoms with Crippen LogP contribution in [0.2, 0.25) is 0 Å². The molecule has 0 bridgehead atoms. The zero-order valence-corrected chi connectivity index (χ0v) is 14.7. The first-order chi connectivity index (χ1) is 11.4. The van der Waals surface area contributed by atoms with Gasteiger partial charge in [0.25, 0.3) is 5.91 Å². The standard InChI is InChI=1S/C17H23N5O2/c1-11(2)16-20-9-15(17(23)18-5)22(16)21-13(4)24-10-14-7-6-12(3)8-19-14/h6-9,11H,10H2,1-5H3,(H,18,23)/b21-13+. The molecule has 24 heavy (non-hydrogen) atoms. The second-order valence-corrected chi connectivity index (χ2v) is 5.78. The molecule has 0 saturated carbocycles. The molecule has 2 aromatic rings. The number of carbonyl (C=O) groups is 1. The summed E-state index contributed by atoms with van der Waals surface area (Å²) < 4.78 is 7.18. The van der Waals surface area contributed by atoms with Gasteiger partial charge < -0.3 is 10.1 Å². The zero-order valence-electron chi connectivity index (χ0n) is 14.7. The van der Waals surface area contributed by atoms with E-state index in [2.05, 4.69) is 20.4 Å². The van der Waals surface area contributed by atoms with Crippen LogP contribution in [-0.4, -0.2) is 33.5 Å². The van der Waals surface area contributed by atoms with Crippen molar-refractivity contribution in [3.63, 3.8) is 0 Å². The summed E-state index contributed by atoms with van der Waals surface area (Å²) in [6.45, 7) is 8.03. The zero-order chi connectivity index (χ0) is 17.7. The summed E-state index contributed by atoms with van der Waals surface area (Å²) in [5, 5.41) is 6.99. The number of aryl methyl sites for hydroxylation is 1. The number of amides is 1. The van der Waals surface area contributed by atoms with Gasteiger partial charge in [-0.15, -0.1) is 5.10 Å². The molecule has 1 amide bonds. The molecule has 128 valence electrons. The van der Waals surface area contributed by atoms with Gasteiger partial charge in [0.1, 0.15) is 18.1 Å². The fourth-order valence-electron chi connectivity index (χ4n) is 2.07. The fourth-order valence-corrected chi connectivity index (χ4v) is 2.07. The Kier molecular flexibility index (Phi) is 5.68. The highest BCUT2D eigenvalue weighted by molar-refractivity contribution is 5.92. The lowest BCUT2D eigenvalue weighted by Crippen LogP contribution is -2.22. The van der Waals surface area contributed by atoms with Crippen LogP contribution in [0.1, 0.15) is 54.3 Å². The van der Waals surface area contributed by atoms with Crippen molar-refractivity contribution < 1.29 is 9.53 Å². The highest BCUT2D eigenvalue weighted by Gasteiger charge is 2.17. The van der Waals surface area contributed by atoms with Crippen molar-refractivity contribution in [3.05, 3.63) is 47.3 Å². The van der Waals surface area contributed by atoms with Gasteiger partial charge in [0, 0.05) is 26.1 Å². The molecule has 7 nitrogen and oxygen atoms in total. The summed E-state index contributed by atoms with van der Waals surface area (Å²) in [6.07, 6.45) is 3.31. The Morgan fingerprint density at radius 2 is 2.08 bits per heavy atom. The number of nitrogens with one attached hydrogen (secondary N) is 1. The number of pyridine rings is 1. The Morgan fingerprint density at radius 1 is 1.33 bits per heavy atom. The maximum Gasteiger partial charge on any atom is 0.271 e. The number of hydrogen-bond donors (Lipinski definition) is 1. The molecule has 1 N–H and O–H groups in total. The number of aromatic nitrogens is 3. The SMILES string of the molecule is CNC(=O)c1cnc(C(C)C)n1/N=C(\C)OCc1ccc(C)cn1. The molecular formula is C17H23N5O2. The Labute approximate surface area is 141 Å². The van der Waals surface area contributed by atoms with Gasteiger partial charge in [-0.05, 0) is 18.6 Å². The molecule has 2 aromatic heterocycles. The van der Waals surface area contributed by atoms with Crippen LogP contribution in [0.4, 0.5) is 0 Å². The largest absolute Gasteiger partial charge is 0.473 e. The molecule has 0 aromatic carbocycles. The summed E-state index contributed by atoms with van der Waals surface area (Å²) in [4.78, 5) is 20.6. The molecule has 0 aliphatic carbocycles. The third kappa shape index (κ3) is 4.18. The third-order valence-electron chi connectivity index (χ3n) is 3.38. The molecule has 0 aliphatic heterocycles. The van der Waals surface area contributed by atoms with Crippen LogP contribution in [0.5, 0.6) is 0 Å². The summed E-state index contributed by atoms with van der Waals surface area (Å²) in [6, 6.07) is 3.89. The third-order valence-corrected chi connectivity index (χ3v) is 3.38. The van der Waals surface area contributed by atoms with Gasteiger partial charge in [0.2, 0.25) is 5.90 Å². The predicted molar refractivity (Wildman–Crippen MR) is 92.0 cm³/mol. The quantitative estimate of drug-likeness (QED) is 0.675. The fraction of sp³-hybridized carbons (Fsp3) is 0.412. The van der Waals surface area contributed by atoms with E-state index in [-0.39, 0.29) is 11.8 Å². The highest BCUT2D eigenvalue weighted by Crippen LogP contribution is 2.15. The van der Waals surface area contributed by atoms with Gasteiger partial charge in [-0.3, -0.25) is 9.78 Å². The van der Waals surface area contributed by atoms with Gasteiger partial charge >= 0.3 is 0 Å². The van der Waals surface area contributed by atoms with Crippen LogP contribution in [-0.2, 0) is 11.3 Å². The molecule has 0 atom stereocenters. The van der Waals surface area contributed by atoms with E-state index in [1.807, 2.05) is 32.9 Å². The molecule has 2 heterocycles. The van der Waals surface area contributed by atoms with Gasteiger partial charge in [-0.2, -0.15) is 0 Å². The number of ether oxygens (including phenoxy) is 1. The molecule has 0 unspecified atom stereocenters. The molecule has 0 radical (unpaired) electrons. The number of nitrogens with zero attached hydrogens (tertiary/aromatic N) is 4. The van der Waals surface area contributed by atoms with Gasteiger partial charge in [0.05, 0.1) is 11.9 Å². The van der Waals surface area contributed by atoms with Gasteiger partial charge in [-0.25, -0.2) is 9.66 Å². The van der Waals surface area contributed by atoms with Crippen LogP contribution in [0, 0.1) is 6.92 Å². The summed E-state index contributed by atoms with van der Waals surface area (Å²) in [5.74, 6) is 1.01. The van der Waals surface area contributed by atoms with Crippen LogP contribution >= 0.6 is 0 Å². The molecule has 7 heteroatoms. The Balaban J connectivity index is 2.20. The number of rotatable bonds is 5. The lowest BCUT2D eigenvalue weighted by molar-refractivity contribution is 0.0954. The van der Waals surface area contributed by atoms with Crippen LogP contribution in [0.25, 0.3) is 0 Å². The molecule has 2 rings (SSSR count). The number of imidazole rings is 1. The van der Waals surface area contributed by atoms with Crippen molar-refractivity contribution in [3.8, 4) is 0 Å². The van der Waals surface area contributed by atoms with Crippen LogP contribution in [0.3, 0.4) is 0 Å². The topological polar surface area (TPSA) is 81.4 Å². The van der Waals surface area contributed by atoms with E-state index < -0.39 is 0 Å². The second kappa shape index (κ2) is 7.72. The Bertz CT molecular complexity index is 732. The molecule has 0 fully saturated rings. The van der Waals surface area contributed by atoms with Crippen molar-refractivity contribution in [1.29, 1.82) is 0 Å². The van der Waals surface area contributed by atoms with Crippen molar-refractivity contribution in [2.75, 3.05) is 7.05 Å². The number of carbonyl (C=O) groups excluding carboxylic acids is 1. The molecular weight excluding hydrogens is 306 g/mol. The first kappa shape index (κ1) is 17.7. The summed E-state index contributed by atoms with van der Waals surface area (Å²) in [7, 11) is 1.57. The Hall–Kier alpha value is -2.70. The van der Waals surface area contributed by atoms with Crippen LogP contribution in [0.15, 0.2) is 29.6 Å². The predicted octanol–water partition coefficient (Wildman–Crippen LogP) is 2.47. The van der Waals surface area contributed by atoms with Gasteiger partial charge in [0.15, 0.2) is 0 Å². The van der Waals surface area contributed by atoms with Crippen molar-refractivity contribution in [2.45, 2.75) is 40.2 Å². The normalized spacial score (nSPS) is 11.7. The van der Waals surface area contributed by atoms with E-state index in [1.54, 1.807) is 20.2 Å². The molecule has 0 aliphatic rings. The van der Waals surface area contributed by atoms with Crippen molar-refractivity contribution in [1.82, 2.24) is 20.0 Å².